The highest BCUT2D eigenvalue weighted by molar-refractivity contribution is 7.10. The van der Waals surface area contributed by atoms with Gasteiger partial charge in [-0.25, -0.2) is 0 Å². The molecule has 0 aliphatic heterocycles. The number of carbonyl (C=O) groups excluding carboxylic acids is 1. The van der Waals surface area contributed by atoms with Gasteiger partial charge in [0.1, 0.15) is 5.84 Å². The van der Waals surface area contributed by atoms with Crippen LogP contribution in [0.3, 0.4) is 0 Å². The van der Waals surface area contributed by atoms with Crippen LogP contribution in [0.25, 0.3) is 0 Å². The summed E-state index contributed by atoms with van der Waals surface area (Å²) in [5.74, 6) is 0.0589. The number of carbonyl (C=O) groups is 1. The Hall–Kier alpha value is -1.36. The number of amides is 1. The van der Waals surface area contributed by atoms with E-state index in [0.717, 1.165) is 4.88 Å². The first-order chi connectivity index (χ1) is 5.74. The first-order valence-corrected chi connectivity index (χ1v) is 4.21. The standard InChI is InChI=1S/C7H9N3OS/c8-7(9)5-1-6(12-3-5)2-10-4-11/h1,3-4H,2H2,(H3,8,9)(H,10,11). The largest absolute Gasteiger partial charge is 0.384 e. The zero-order valence-electron chi connectivity index (χ0n) is 6.33. The fraction of sp³-hybridized carbons (Fsp3) is 0.143. The van der Waals surface area contributed by atoms with Crippen LogP contribution in [0.1, 0.15) is 10.4 Å². The summed E-state index contributed by atoms with van der Waals surface area (Å²) in [6.45, 7) is 0.501. The van der Waals surface area contributed by atoms with Gasteiger partial charge in [-0.15, -0.1) is 11.3 Å². The Labute approximate surface area is 73.9 Å². The molecule has 0 saturated heterocycles. The van der Waals surface area contributed by atoms with Gasteiger partial charge < -0.3 is 11.1 Å². The van der Waals surface area contributed by atoms with Crippen LogP contribution in [0, 0.1) is 5.41 Å². The lowest BCUT2D eigenvalue weighted by molar-refractivity contribution is -0.109. The summed E-state index contributed by atoms with van der Waals surface area (Å²) in [7, 11) is 0. The van der Waals surface area contributed by atoms with Gasteiger partial charge >= 0.3 is 0 Å². The molecule has 1 rings (SSSR count). The zero-order chi connectivity index (χ0) is 8.97. The van der Waals surface area contributed by atoms with Crippen LogP contribution in [0.2, 0.25) is 0 Å². The summed E-state index contributed by atoms with van der Waals surface area (Å²) in [6, 6.07) is 1.80. The summed E-state index contributed by atoms with van der Waals surface area (Å²) in [5, 5.41) is 11.5. The lowest BCUT2D eigenvalue weighted by Gasteiger charge is -1.92. The van der Waals surface area contributed by atoms with Crippen molar-refractivity contribution < 1.29 is 4.79 Å². The minimum Gasteiger partial charge on any atom is -0.384 e. The van der Waals surface area contributed by atoms with E-state index in [-0.39, 0.29) is 5.84 Å². The van der Waals surface area contributed by atoms with Crippen molar-refractivity contribution in [3.8, 4) is 0 Å². The van der Waals surface area contributed by atoms with Gasteiger partial charge in [-0.05, 0) is 6.07 Å². The van der Waals surface area contributed by atoms with Crippen LogP contribution < -0.4 is 11.1 Å². The molecular weight excluding hydrogens is 174 g/mol. The SMILES string of the molecule is N=C(N)c1csc(CNC=O)c1. The van der Waals surface area contributed by atoms with Gasteiger partial charge in [-0.1, -0.05) is 0 Å². The lowest BCUT2D eigenvalue weighted by Crippen LogP contribution is -2.10. The molecule has 12 heavy (non-hydrogen) atoms. The van der Waals surface area contributed by atoms with E-state index in [0.29, 0.717) is 18.5 Å². The second kappa shape index (κ2) is 3.87. The normalized spacial score (nSPS) is 9.33. The smallest absolute Gasteiger partial charge is 0.207 e. The van der Waals surface area contributed by atoms with Gasteiger partial charge in [0.05, 0.1) is 6.54 Å². The van der Waals surface area contributed by atoms with Crippen molar-refractivity contribution in [2.24, 2.45) is 5.73 Å². The minimum absolute atomic E-state index is 0.0589. The van der Waals surface area contributed by atoms with E-state index in [9.17, 15) is 4.79 Å². The first-order valence-electron chi connectivity index (χ1n) is 3.33. The van der Waals surface area contributed by atoms with Crippen LogP contribution >= 0.6 is 11.3 Å². The van der Waals surface area contributed by atoms with E-state index in [1.54, 1.807) is 11.4 Å². The molecule has 0 saturated carbocycles. The molecule has 0 fully saturated rings. The molecule has 0 aliphatic carbocycles. The first kappa shape index (κ1) is 8.73. The predicted octanol–water partition coefficient (Wildman–Crippen LogP) is 0.278. The highest BCUT2D eigenvalue weighted by Crippen LogP contribution is 2.13. The second-order valence-electron chi connectivity index (χ2n) is 2.21. The Balaban J connectivity index is 2.64. The van der Waals surface area contributed by atoms with Gasteiger partial charge in [0.25, 0.3) is 0 Å². The van der Waals surface area contributed by atoms with Gasteiger partial charge in [0, 0.05) is 15.8 Å². The lowest BCUT2D eigenvalue weighted by atomic mass is 10.3. The molecule has 1 aromatic heterocycles. The quantitative estimate of drug-likeness (QED) is 0.356. The monoisotopic (exact) mass is 183 g/mol. The van der Waals surface area contributed by atoms with Crippen molar-refractivity contribution in [2.75, 3.05) is 0 Å². The van der Waals surface area contributed by atoms with Crippen molar-refractivity contribution in [3.05, 3.63) is 21.9 Å². The Morgan fingerprint density at radius 3 is 3.08 bits per heavy atom. The minimum atomic E-state index is 0.0589. The summed E-state index contributed by atoms with van der Waals surface area (Å²) in [5.41, 5.74) is 5.97. The molecule has 1 aromatic rings. The Morgan fingerprint density at radius 1 is 1.83 bits per heavy atom. The van der Waals surface area contributed by atoms with E-state index >= 15 is 0 Å². The molecule has 64 valence electrons. The van der Waals surface area contributed by atoms with Gasteiger partial charge in [0.15, 0.2) is 0 Å². The third kappa shape index (κ3) is 2.06. The van der Waals surface area contributed by atoms with Gasteiger partial charge in [-0.2, -0.15) is 0 Å². The van der Waals surface area contributed by atoms with Crippen molar-refractivity contribution in [3.63, 3.8) is 0 Å². The molecule has 5 heteroatoms. The maximum Gasteiger partial charge on any atom is 0.207 e. The number of amidine groups is 1. The fourth-order valence-electron chi connectivity index (χ4n) is 0.757. The molecule has 0 radical (unpaired) electrons. The van der Waals surface area contributed by atoms with Crippen LogP contribution in [-0.4, -0.2) is 12.2 Å². The van der Waals surface area contributed by atoms with Crippen LogP contribution in [0.4, 0.5) is 0 Å². The average molecular weight is 183 g/mol. The molecular formula is C7H9N3OS. The van der Waals surface area contributed by atoms with Crippen LogP contribution in [0.5, 0.6) is 0 Å². The van der Waals surface area contributed by atoms with Crippen LogP contribution in [0.15, 0.2) is 11.4 Å². The molecule has 0 atom stereocenters. The zero-order valence-corrected chi connectivity index (χ0v) is 7.15. The molecule has 4 nitrogen and oxygen atoms in total. The maximum absolute atomic E-state index is 9.95. The van der Waals surface area contributed by atoms with Crippen molar-refractivity contribution in [1.29, 1.82) is 5.41 Å². The van der Waals surface area contributed by atoms with Crippen molar-refractivity contribution in [1.82, 2.24) is 5.32 Å². The molecule has 1 amide bonds. The van der Waals surface area contributed by atoms with E-state index in [2.05, 4.69) is 5.32 Å². The number of nitrogen functional groups attached to an aromatic ring is 1. The average Bonchev–Trinajstić information content (AvgIpc) is 2.48. The topological polar surface area (TPSA) is 79.0 Å². The Bertz CT molecular complexity index is 295. The number of thiophene rings is 1. The molecule has 0 bridgehead atoms. The highest BCUT2D eigenvalue weighted by Gasteiger charge is 2.00. The molecule has 0 aromatic carbocycles. The van der Waals surface area contributed by atoms with E-state index in [1.807, 2.05) is 0 Å². The van der Waals surface area contributed by atoms with Crippen LogP contribution in [-0.2, 0) is 11.3 Å². The summed E-state index contributed by atoms with van der Waals surface area (Å²) in [4.78, 5) is 10.9. The van der Waals surface area contributed by atoms with Gasteiger partial charge in [0.2, 0.25) is 6.41 Å². The molecule has 0 spiro atoms. The van der Waals surface area contributed by atoms with E-state index < -0.39 is 0 Å². The molecule has 0 aliphatic rings. The molecule has 4 N–H and O–H groups in total. The van der Waals surface area contributed by atoms with E-state index in [4.69, 9.17) is 11.1 Å². The second-order valence-corrected chi connectivity index (χ2v) is 3.21. The Morgan fingerprint density at radius 2 is 2.58 bits per heavy atom. The van der Waals surface area contributed by atoms with Crippen molar-refractivity contribution >= 4 is 23.6 Å². The fourth-order valence-corrected chi connectivity index (χ4v) is 1.59. The number of hydrogen-bond acceptors (Lipinski definition) is 3. The third-order valence-electron chi connectivity index (χ3n) is 1.32. The maximum atomic E-state index is 9.95. The van der Waals surface area contributed by atoms with E-state index in [1.165, 1.54) is 11.3 Å². The third-order valence-corrected chi connectivity index (χ3v) is 2.26. The number of rotatable bonds is 4. The molecule has 1 heterocycles. The summed E-state index contributed by atoms with van der Waals surface area (Å²) in [6.07, 6.45) is 0.646. The summed E-state index contributed by atoms with van der Waals surface area (Å²) < 4.78 is 0. The van der Waals surface area contributed by atoms with Gasteiger partial charge in [-0.3, -0.25) is 10.2 Å². The number of hydrogen-bond donors (Lipinski definition) is 3. The highest BCUT2D eigenvalue weighted by atomic mass is 32.1. The summed E-state index contributed by atoms with van der Waals surface area (Å²) >= 11 is 1.48. The number of nitrogens with one attached hydrogen (secondary N) is 2. The number of nitrogens with two attached hydrogens (primary N) is 1. The molecule has 0 unspecified atom stereocenters. The van der Waals surface area contributed by atoms with Crippen molar-refractivity contribution in [2.45, 2.75) is 6.54 Å². The Kier molecular flexibility index (Phi) is 2.82. The predicted molar refractivity (Wildman–Crippen MR) is 48.2 cm³/mol.